The lowest BCUT2D eigenvalue weighted by molar-refractivity contribution is -0.101. The summed E-state index contributed by atoms with van der Waals surface area (Å²) >= 11 is 0. The van der Waals surface area contributed by atoms with E-state index in [2.05, 4.69) is 16.4 Å². The van der Waals surface area contributed by atoms with Crippen molar-refractivity contribution in [1.29, 1.82) is 5.26 Å². The molecule has 55 heavy (non-hydrogen) atoms. The molecule has 2 fully saturated rings. The number of methoxy groups -OCH3 is 1. The molecule has 3 aromatic carbocycles. The van der Waals surface area contributed by atoms with Gasteiger partial charge in [-0.15, -0.1) is 0 Å². The topological polar surface area (TPSA) is 160 Å². The van der Waals surface area contributed by atoms with Crippen molar-refractivity contribution in [2.45, 2.75) is 25.5 Å². The second-order valence-corrected chi connectivity index (χ2v) is 13.5. The third-order valence-electron chi connectivity index (χ3n) is 9.83. The highest BCUT2D eigenvalue weighted by Crippen LogP contribution is 2.36. The van der Waals surface area contributed by atoms with Crippen LogP contribution in [0.5, 0.6) is 11.5 Å². The number of nitrogens with two attached hydrogens (primary N) is 1. The second-order valence-electron chi connectivity index (χ2n) is 13.5. The number of carbonyl (C=O) groups excluding carboxylic acids is 1. The molecule has 0 spiro atoms. The lowest BCUT2D eigenvalue weighted by Crippen LogP contribution is -2.33. The number of ether oxygens (including phenoxy) is 5. The quantitative estimate of drug-likeness (QED) is 0.156. The molecule has 7 rings (SSSR count). The zero-order chi connectivity index (χ0) is 38.4. The van der Waals surface area contributed by atoms with Gasteiger partial charge >= 0.3 is 0 Å². The summed E-state index contributed by atoms with van der Waals surface area (Å²) in [6, 6.07) is 22.5. The van der Waals surface area contributed by atoms with Crippen molar-refractivity contribution in [1.82, 2.24) is 9.55 Å². The maximum absolute atomic E-state index is 13.8. The fraction of sp³-hybridized carbons (Fsp3) is 0.286. The Balaban J connectivity index is 1.11. The Bertz CT molecular complexity index is 2260. The summed E-state index contributed by atoms with van der Waals surface area (Å²) in [6.45, 7) is 3.06. The summed E-state index contributed by atoms with van der Waals surface area (Å²) in [6.07, 6.45) is 5.65. The summed E-state index contributed by atoms with van der Waals surface area (Å²) < 4.78 is 43.7. The Morgan fingerprint density at radius 1 is 0.945 bits per heavy atom. The van der Waals surface area contributed by atoms with Gasteiger partial charge in [-0.25, -0.2) is 9.37 Å². The first-order chi connectivity index (χ1) is 26.7. The van der Waals surface area contributed by atoms with Crippen molar-refractivity contribution >= 4 is 17.4 Å². The molecule has 12 nitrogen and oxygen atoms in total. The standard InChI is InChI=1S/C42H40FN5O7/c1-51-38-19-29(6-11-37(38)55-24-33-23-53-16-17-54-33)30-18-34(40(45)46-20-30)27-4-9-32(10-5-27)47-41(50)36-22-48(26-42(25-44)12-14-52-15-13-42)21-35(39(36)49)28-2-7-31(43)8-3-28/h2-11,18-22,33H,12-17,23-24,26H2,1H3,(H2,45,46)(H,47,50). The number of nitrogen functional groups attached to an aromatic ring is 1. The van der Waals surface area contributed by atoms with Gasteiger partial charge in [0.05, 0.1) is 38.4 Å². The second kappa shape index (κ2) is 16.5. The van der Waals surface area contributed by atoms with Gasteiger partial charge < -0.3 is 39.3 Å². The van der Waals surface area contributed by atoms with Crippen LogP contribution in [0.2, 0.25) is 0 Å². The highest BCUT2D eigenvalue weighted by Gasteiger charge is 2.33. The third-order valence-corrected chi connectivity index (χ3v) is 9.83. The maximum atomic E-state index is 13.8. The number of nitriles is 1. The summed E-state index contributed by atoms with van der Waals surface area (Å²) in [4.78, 5) is 32.0. The molecule has 0 bridgehead atoms. The minimum Gasteiger partial charge on any atom is -0.493 e. The number of amides is 1. The van der Waals surface area contributed by atoms with E-state index >= 15 is 0 Å². The Morgan fingerprint density at radius 2 is 1.67 bits per heavy atom. The number of rotatable bonds is 11. The Hall–Kier alpha value is -6.07. The van der Waals surface area contributed by atoms with Gasteiger partial charge in [0, 0.05) is 60.7 Å². The average molecular weight is 746 g/mol. The molecule has 1 unspecified atom stereocenters. The SMILES string of the molecule is COc1cc(-c2cnc(N)c(-c3ccc(NC(=O)c4cn(CC5(C#N)CCOCC5)cc(-c5ccc(F)cc5)c4=O)cc3)c2)ccc1OCC1COCCO1. The first-order valence-electron chi connectivity index (χ1n) is 17.9. The van der Waals surface area contributed by atoms with Gasteiger partial charge in [-0.3, -0.25) is 9.59 Å². The maximum Gasteiger partial charge on any atom is 0.261 e. The lowest BCUT2D eigenvalue weighted by Gasteiger charge is -2.31. The molecule has 3 N–H and O–H groups in total. The number of pyridine rings is 2. The fourth-order valence-corrected chi connectivity index (χ4v) is 6.71. The number of hydrogen-bond acceptors (Lipinski definition) is 10. The van der Waals surface area contributed by atoms with Crippen LogP contribution in [0.3, 0.4) is 0 Å². The molecule has 2 aliphatic heterocycles. The van der Waals surface area contributed by atoms with E-state index in [9.17, 15) is 19.2 Å². The highest BCUT2D eigenvalue weighted by molar-refractivity contribution is 6.04. The van der Waals surface area contributed by atoms with E-state index in [0.29, 0.717) is 86.6 Å². The number of carbonyl (C=O) groups is 1. The van der Waals surface area contributed by atoms with Crippen LogP contribution in [0.1, 0.15) is 23.2 Å². The lowest BCUT2D eigenvalue weighted by atomic mass is 9.81. The van der Waals surface area contributed by atoms with Crippen LogP contribution in [0.25, 0.3) is 33.4 Å². The highest BCUT2D eigenvalue weighted by atomic mass is 19.1. The largest absolute Gasteiger partial charge is 0.493 e. The number of aromatic nitrogens is 2. The Morgan fingerprint density at radius 3 is 2.38 bits per heavy atom. The normalized spacial score (nSPS) is 16.5. The molecule has 4 heterocycles. The molecule has 2 aliphatic rings. The van der Waals surface area contributed by atoms with Crippen LogP contribution in [0.4, 0.5) is 15.9 Å². The zero-order valence-corrected chi connectivity index (χ0v) is 30.3. The van der Waals surface area contributed by atoms with Crippen molar-refractivity contribution in [2.24, 2.45) is 5.41 Å². The molecule has 282 valence electrons. The van der Waals surface area contributed by atoms with Crippen LogP contribution in [-0.2, 0) is 20.8 Å². The van der Waals surface area contributed by atoms with Crippen molar-refractivity contribution in [3.63, 3.8) is 0 Å². The van der Waals surface area contributed by atoms with Crippen LogP contribution in [0.15, 0.2) is 96.2 Å². The smallest absolute Gasteiger partial charge is 0.261 e. The minimum absolute atomic E-state index is 0.115. The Labute approximate surface area is 317 Å². The zero-order valence-electron chi connectivity index (χ0n) is 30.3. The molecule has 2 aromatic heterocycles. The van der Waals surface area contributed by atoms with Gasteiger partial charge in [-0.05, 0) is 72.0 Å². The van der Waals surface area contributed by atoms with Crippen LogP contribution >= 0.6 is 0 Å². The molecule has 1 atom stereocenters. The van der Waals surface area contributed by atoms with Crippen molar-refractivity contribution < 1.29 is 32.9 Å². The molecule has 0 radical (unpaired) electrons. The van der Waals surface area contributed by atoms with Gasteiger partial charge in [-0.1, -0.05) is 30.3 Å². The van der Waals surface area contributed by atoms with E-state index in [-0.39, 0.29) is 23.8 Å². The van der Waals surface area contributed by atoms with Crippen LogP contribution in [-0.4, -0.2) is 68.3 Å². The summed E-state index contributed by atoms with van der Waals surface area (Å²) in [5, 5.41) is 12.9. The van der Waals surface area contributed by atoms with E-state index in [1.807, 2.05) is 24.3 Å². The minimum atomic E-state index is -0.727. The molecule has 13 heteroatoms. The van der Waals surface area contributed by atoms with Crippen molar-refractivity contribution in [2.75, 3.05) is 57.8 Å². The average Bonchev–Trinajstić information content (AvgIpc) is 3.22. The molecule has 2 saturated heterocycles. The number of hydrogen-bond donors (Lipinski definition) is 2. The van der Waals surface area contributed by atoms with Gasteiger partial charge in [0.25, 0.3) is 5.91 Å². The van der Waals surface area contributed by atoms with E-state index in [4.69, 9.17) is 29.4 Å². The van der Waals surface area contributed by atoms with E-state index in [1.165, 1.54) is 30.5 Å². The summed E-state index contributed by atoms with van der Waals surface area (Å²) in [7, 11) is 1.58. The number of benzene rings is 3. The number of anilines is 2. The van der Waals surface area contributed by atoms with E-state index < -0.39 is 22.6 Å². The van der Waals surface area contributed by atoms with Crippen LogP contribution < -0.4 is 26.0 Å². The first-order valence-corrected chi connectivity index (χ1v) is 17.9. The predicted molar refractivity (Wildman–Crippen MR) is 204 cm³/mol. The number of nitrogens with one attached hydrogen (secondary N) is 1. The molecule has 0 aliphatic carbocycles. The fourth-order valence-electron chi connectivity index (χ4n) is 6.71. The monoisotopic (exact) mass is 745 g/mol. The van der Waals surface area contributed by atoms with Crippen molar-refractivity contribution in [3.05, 3.63) is 113 Å². The van der Waals surface area contributed by atoms with Crippen molar-refractivity contribution in [3.8, 4) is 50.9 Å². The molecule has 5 aromatic rings. The van der Waals surface area contributed by atoms with Gasteiger partial charge in [0.15, 0.2) is 11.5 Å². The predicted octanol–water partition coefficient (Wildman–Crippen LogP) is 6.34. The number of nitrogens with zero attached hydrogens (tertiary/aromatic N) is 3. The van der Waals surface area contributed by atoms with E-state index in [1.54, 1.807) is 48.3 Å². The summed E-state index contributed by atoms with van der Waals surface area (Å²) in [5.41, 5.74) is 9.16. The molecular weight excluding hydrogens is 705 g/mol. The molecular formula is C42H40FN5O7. The first kappa shape index (κ1) is 37.3. The van der Waals surface area contributed by atoms with Gasteiger partial charge in [-0.2, -0.15) is 5.26 Å². The van der Waals surface area contributed by atoms with Gasteiger partial charge in [0.2, 0.25) is 5.43 Å². The van der Waals surface area contributed by atoms with E-state index in [0.717, 1.165) is 16.7 Å². The molecule has 1 amide bonds. The molecule has 0 saturated carbocycles. The van der Waals surface area contributed by atoms with Gasteiger partial charge in [0.1, 0.15) is 29.9 Å². The third kappa shape index (κ3) is 8.52. The number of halogens is 1. The van der Waals surface area contributed by atoms with Crippen LogP contribution in [0, 0.1) is 22.6 Å². The Kier molecular flexibility index (Phi) is 11.2. The summed E-state index contributed by atoms with van der Waals surface area (Å²) in [5.74, 6) is 0.370.